The number of likely N-dealkylation sites (N-methyl/N-ethyl adjacent to an activating group) is 1. The lowest BCUT2D eigenvalue weighted by Crippen LogP contribution is -2.42. The number of aromatic amines is 1. The van der Waals surface area contributed by atoms with E-state index in [1.165, 1.54) is 0 Å². The lowest BCUT2D eigenvalue weighted by molar-refractivity contribution is -0.0272. The molecule has 0 radical (unpaired) electrons. The molecule has 0 aromatic carbocycles. The summed E-state index contributed by atoms with van der Waals surface area (Å²) in [5.74, 6) is 0. The van der Waals surface area contributed by atoms with Gasteiger partial charge < -0.3 is 14.6 Å². The number of H-pyrrole nitrogens is 1. The van der Waals surface area contributed by atoms with Gasteiger partial charge in [-0.25, -0.2) is 0 Å². The fraction of sp³-hybridized carbons (Fsp3) is 0.714. The van der Waals surface area contributed by atoms with Crippen molar-refractivity contribution in [2.75, 3.05) is 26.7 Å². The molecule has 3 rings (SSSR count). The van der Waals surface area contributed by atoms with Crippen LogP contribution in [0.4, 0.5) is 0 Å². The molecule has 0 bridgehead atoms. The molecule has 21 heavy (non-hydrogen) atoms. The first-order chi connectivity index (χ1) is 10.1. The van der Waals surface area contributed by atoms with Crippen LogP contribution in [0.5, 0.6) is 0 Å². The molecule has 1 aliphatic rings. The third kappa shape index (κ3) is 2.77. The summed E-state index contributed by atoms with van der Waals surface area (Å²) < 4.78 is 10.7. The number of hydrogen-bond acceptors (Lipinski definition) is 4. The molecule has 2 aromatic rings. The Labute approximate surface area is 129 Å². The largest absolute Gasteiger partial charge is 0.374 e. The van der Waals surface area contributed by atoms with Crippen LogP contribution >= 0.6 is 12.2 Å². The Morgan fingerprint density at radius 2 is 2.24 bits per heavy atom. The lowest BCUT2D eigenvalue weighted by Gasteiger charge is -2.30. The van der Waals surface area contributed by atoms with Gasteiger partial charge in [-0.05, 0) is 25.7 Å². The number of hydrogen-bond donors (Lipinski definition) is 1. The summed E-state index contributed by atoms with van der Waals surface area (Å²) in [4.78, 5) is 5.63. The number of nitrogens with one attached hydrogen (secondary N) is 1. The fourth-order valence-electron chi connectivity index (χ4n) is 3.04. The summed E-state index contributed by atoms with van der Waals surface area (Å²) >= 11 is 5.51. The molecule has 0 spiro atoms. The van der Waals surface area contributed by atoms with Gasteiger partial charge in [-0.3, -0.25) is 9.25 Å². The van der Waals surface area contributed by atoms with E-state index in [0.29, 0.717) is 0 Å². The Morgan fingerprint density at radius 3 is 2.95 bits per heavy atom. The number of aromatic nitrogens is 4. The van der Waals surface area contributed by atoms with Gasteiger partial charge in [0.15, 0.2) is 10.4 Å². The van der Waals surface area contributed by atoms with E-state index in [1.807, 2.05) is 11.7 Å². The van der Waals surface area contributed by atoms with Crippen molar-refractivity contribution in [2.24, 2.45) is 7.05 Å². The SMILES string of the molecule is CCCc1nn(C)c2c1[nH]c(=S)n2CC1CN(C)CCO1. The number of rotatable bonds is 4. The molecular weight excluding hydrogens is 286 g/mol. The highest BCUT2D eigenvalue weighted by Gasteiger charge is 2.21. The number of aryl methyl sites for hydroxylation is 2. The number of morpholine rings is 1. The molecule has 0 saturated carbocycles. The zero-order valence-corrected chi connectivity index (χ0v) is 13.7. The van der Waals surface area contributed by atoms with Crippen LogP contribution in [0.1, 0.15) is 19.0 Å². The van der Waals surface area contributed by atoms with Gasteiger partial charge in [0.05, 0.1) is 24.9 Å². The molecular formula is C14H23N5OS. The van der Waals surface area contributed by atoms with Crippen molar-refractivity contribution in [3.8, 4) is 0 Å². The highest BCUT2D eigenvalue weighted by Crippen LogP contribution is 2.20. The smallest absolute Gasteiger partial charge is 0.179 e. The molecule has 1 unspecified atom stereocenters. The van der Waals surface area contributed by atoms with Crippen LogP contribution in [0.15, 0.2) is 0 Å². The van der Waals surface area contributed by atoms with Gasteiger partial charge in [0.25, 0.3) is 0 Å². The minimum atomic E-state index is 0.180. The number of ether oxygens (including phenoxy) is 1. The van der Waals surface area contributed by atoms with Crippen LogP contribution in [0.3, 0.4) is 0 Å². The van der Waals surface area contributed by atoms with Gasteiger partial charge in [-0.1, -0.05) is 13.3 Å². The van der Waals surface area contributed by atoms with Crippen LogP contribution < -0.4 is 0 Å². The first-order valence-electron chi connectivity index (χ1n) is 7.54. The average Bonchev–Trinajstić information content (AvgIpc) is 2.90. The van der Waals surface area contributed by atoms with Gasteiger partial charge >= 0.3 is 0 Å². The molecule has 0 amide bonds. The third-order valence-electron chi connectivity index (χ3n) is 4.04. The predicted octanol–water partition coefficient (Wildman–Crippen LogP) is 1.72. The van der Waals surface area contributed by atoms with Crippen molar-refractivity contribution in [3.05, 3.63) is 10.5 Å². The fourth-order valence-corrected chi connectivity index (χ4v) is 3.30. The van der Waals surface area contributed by atoms with Crippen molar-refractivity contribution in [2.45, 2.75) is 32.4 Å². The maximum atomic E-state index is 5.87. The Balaban J connectivity index is 1.94. The summed E-state index contributed by atoms with van der Waals surface area (Å²) in [5.41, 5.74) is 3.25. The van der Waals surface area contributed by atoms with E-state index in [0.717, 1.165) is 60.7 Å². The zero-order chi connectivity index (χ0) is 15.0. The number of imidazole rings is 1. The molecule has 1 N–H and O–H groups in total. The van der Waals surface area contributed by atoms with E-state index >= 15 is 0 Å². The minimum absolute atomic E-state index is 0.180. The molecule has 2 aromatic heterocycles. The number of fused-ring (bicyclic) bond motifs is 1. The van der Waals surface area contributed by atoms with Gasteiger partial charge in [-0.15, -0.1) is 0 Å². The molecule has 1 aliphatic heterocycles. The predicted molar refractivity (Wildman–Crippen MR) is 85.1 cm³/mol. The third-order valence-corrected chi connectivity index (χ3v) is 4.36. The summed E-state index contributed by atoms with van der Waals surface area (Å²) in [6, 6.07) is 0. The molecule has 1 fully saturated rings. The average molecular weight is 309 g/mol. The lowest BCUT2D eigenvalue weighted by atomic mass is 10.2. The summed E-state index contributed by atoms with van der Waals surface area (Å²) in [5, 5.41) is 4.62. The minimum Gasteiger partial charge on any atom is -0.374 e. The Kier molecular flexibility index (Phi) is 4.14. The maximum absolute atomic E-state index is 5.87. The van der Waals surface area contributed by atoms with Crippen molar-refractivity contribution in [3.63, 3.8) is 0 Å². The van der Waals surface area contributed by atoms with Crippen LogP contribution in [-0.4, -0.2) is 57.1 Å². The molecule has 7 heteroatoms. The molecule has 6 nitrogen and oxygen atoms in total. The summed E-state index contributed by atoms with van der Waals surface area (Å²) in [7, 11) is 4.11. The quantitative estimate of drug-likeness (QED) is 0.874. The first kappa shape index (κ1) is 14.7. The molecule has 1 atom stereocenters. The zero-order valence-electron chi connectivity index (χ0n) is 12.9. The second kappa shape index (κ2) is 5.90. The van der Waals surface area contributed by atoms with E-state index in [9.17, 15) is 0 Å². The number of nitrogens with zero attached hydrogens (tertiary/aromatic N) is 4. The second-order valence-corrected chi connectivity index (χ2v) is 6.20. The van der Waals surface area contributed by atoms with Crippen molar-refractivity contribution < 1.29 is 4.74 Å². The topological polar surface area (TPSA) is 51.0 Å². The van der Waals surface area contributed by atoms with Crippen molar-refractivity contribution in [1.82, 2.24) is 24.2 Å². The first-order valence-corrected chi connectivity index (χ1v) is 7.95. The normalized spacial score (nSPS) is 20.4. The highest BCUT2D eigenvalue weighted by molar-refractivity contribution is 7.71. The standard InChI is InChI=1S/C14H23N5OS/c1-4-5-11-12-13(18(3)16-11)19(14(21)15-12)9-10-8-17(2)6-7-20-10/h10H,4-9H2,1-3H3,(H,15,21). The Morgan fingerprint density at radius 1 is 1.43 bits per heavy atom. The van der Waals surface area contributed by atoms with Gasteiger partial charge in [0.2, 0.25) is 0 Å². The Bertz CT molecular complexity index is 685. The highest BCUT2D eigenvalue weighted by atomic mass is 32.1. The van der Waals surface area contributed by atoms with Crippen LogP contribution in [0.2, 0.25) is 0 Å². The van der Waals surface area contributed by atoms with Gasteiger partial charge in [-0.2, -0.15) is 5.10 Å². The van der Waals surface area contributed by atoms with Gasteiger partial charge in [0.1, 0.15) is 5.52 Å². The molecule has 116 valence electrons. The second-order valence-electron chi connectivity index (χ2n) is 5.81. The van der Waals surface area contributed by atoms with E-state index in [-0.39, 0.29) is 6.10 Å². The molecule has 0 aliphatic carbocycles. The molecule has 1 saturated heterocycles. The Hall–Kier alpha value is -1.18. The summed E-state index contributed by atoms with van der Waals surface area (Å²) in [6.45, 7) is 5.66. The van der Waals surface area contributed by atoms with E-state index in [1.54, 1.807) is 0 Å². The van der Waals surface area contributed by atoms with E-state index in [4.69, 9.17) is 17.0 Å². The molecule has 3 heterocycles. The maximum Gasteiger partial charge on any atom is 0.179 e. The monoisotopic (exact) mass is 309 g/mol. The van der Waals surface area contributed by atoms with Crippen LogP contribution in [-0.2, 0) is 24.8 Å². The van der Waals surface area contributed by atoms with E-state index in [2.05, 4.69) is 33.5 Å². The van der Waals surface area contributed by atoms with Crippen LogP contribution in [0, 0.1) is 4.77 Å². The van der Waals surface area contributed by atoms with E-state index < -0.39 is 0 Å². The van der Waals surface area contributed by atoms with Gasteiger partial charge in [0, 0.05) is 20.1 Å². The van der Waals surface area contributed by atoms with Crippen molar-refractivity contribution >= 4 is 23.4 Å². The van der Waals surface area contributed by atoms with Crippen molar-refractivity contribution in [1.29, 1.82) is 0 Å². The van der Waals surface area contributed by atoms with Crippen LogP contribution in [0.25, 0.3) is 11.2 Å². The summed E-state index contributed by atoms with van der Waals surface area (Å²) in [6.07, 6.45) is 2.22.